The number of sulfonamides is 1. The molecule has 39 heavy (non-hydrogen) atoms. The zero-order valence-corrected chi connectivity index (χ0v) is 23.9. The van der Waals surface area contributed by atoms with Crippen LogP contribution in [0, 0.1) is 5.92 Å². The lowest BCUT2D eigenvalue weighted by Crippen LogP contribution is -2.36. The largest absolute Gasteiger partial charge is 0.493 e. The van der Waals surface area contributed by atoms with Gasteiger partial charge in [-0.25, -0.2) is 13.1 Å². The molecule has 1 heterocycles. The molecule has 0 saturated heterocycles. The molecule has 4 rings (SSSR count). The first-order chi connectivity index (χ1) is 18.7. The average Bonchev–Trinajstić information content (AvgIpc) is 2.91. The van der Waals surface area contributed by atoms with Gasteiger partial charge < -0.3 is 15.4 Å². The van der Waals surface area contributed by atoms with E-state index in [0.29, 0.717) is 24.5 Å². The molecule has 0 saturated carbocycles. The van der Waals surface area contributed by atoms with E-state index in [2.05, 4.69) is 35.3 Å². The minimum absolute atomic E-state index is 0.0270. The molecule has 7 nitrogen and oxygen atoms in total. The van der Waals surface area contributed by atoms with E-state index in [1.54, 1.807) is 24.3 Å². The monoisotopic (exact) mass is 569 g/mol. The SMILES string of the molecule is CC(C)CCNCc1ccc2c(c1)OCCC2NC(=O)CC(NS(=O)(=O)c1ccccc1Cl)c1ccccc1. The van der Waals surface area contributed by atoms with Crippen LogP contribution in [-0.4, -0.2) is 27.5 Å². The van der Waals surface area contributed by atoms with Gasteiger partial charge in [0.05, 0.1) is 23.7 Å². The van der Waals surface area contributed by atoms with E-state index >= 15 is 0 Å². The molecule has 0 radical (unpaired) electrons. The van der Waals surface area contributed by atoms with Crippen LogP contribution in [0.2, 0.25) is 5.02 Å². The molecule has 9 heteroatoms. The Hall–Kier alpha value is -2.91. The molecule has 1 aliphatic rings. The van der Waals surface area contributed by atoms with Gasteiger partial charge in [0, 0.05) is 24.9 Å². The summed E-state index contributed by atoms with van der Waals surface area (Å²) in [5, 5.41) is 6.69. The third-order valence-electron chi connectivity index (χ3n) is 6.70. The predicted molar refractivity (Wildman–Crippen MR) is 154 cm³/mol. The zero-order valence-electron chi connectivity index (χ0n) is 22.3. The summed E-state index contributed by atoms with van der Waals surface area (Å²) in [5.41, 5.74) is 2.74. The molecule has 2 unspecified atom stereocenters. The summed E-state index contributed by atoms with van der Waals surface area (Å²) in [6.45, 7) is 6.61. The van der Waals surface area contributed by atoms with Crippen molar-refractivity contribution < 1.29 is 17.9 Å². The van der Waals surface area contributed by atoms with Gasteiger partial charge in [-0.1, -0.05) is 80.0 Å². The maximum Gasteiger partial charge on any atom is 0.242 e. The molecular weight excluding hydrogens is 534 g/mol. The van der Waals surface area contributed by atoms with Gasteiger partial charge in [-0.3, -0.25) is 4.79 Å². The maximum atomic E-state index is 13.3. The van der Waals surface area contributed by atoms with Crippen LogP contribution in [0.3, 0.4) is 0 Å². The Morgan fingerprint density at radius 3 is 2.54 bits per heavy atom. The van der Waals surface area contributed by atoms with Crippen LogP contribution in [0.1, 0.15) is 61.9 Å². The Morgan fingerprint density at radius 1 is 1.05 bits per heavy atom. The van der Waals surface area contributed by atoms with Crippen molar-refractivity contribution in [3.05, 3.63) is 94.5 Å². The van der Waals surface area contributed by atoms with Crippen LogP contribution in [0.25, 0.3) is 0 Å². The molecule has 208 valence electrons. The number of rotatable bonds is 12. The summed E-state index contributed by atoms with van der Waals surface area (Å²) in [7, 11) is -3.97. The molecule has 0 aliphatic carbocycles. The average molecular weight is 570 g/mol. The highest BCUT2D eigenvalue weighted by atomic mass is 35.5. The normalized spacial score (nSPS) is 15.8. The molecule has 2 atom stereocenters. The molecule has 3 aromatic carbocycles. The van der Waals surface area contributed by atoms with E-state index < -0.39 is 16.1 Å². The molecular formula is C30H36ClN3O4S. The smallest absolute Gasteiger partial charge is 0.242 e. The number of hydrogen-bond acceptors (Lipinski definition) is 5. The Labute approximate surface area is 236 Å². The molecule has 0 fully saturated rings. The fourth-order valence-electron chi connectivity index (χ4n) is 4.58. The molecule has 3 aromatic rings. The first-order valence-corrected chi connectivity index (χ1v) is 15.2. The van der Waals surface area contributed by atoms with Crippen molar-refractivity contribution in [3.8, 4) is 5.75 Å². The van der Waals surface area contributed by atoms with Crippen molar-refractivity contribution in [3.63, 3.8) is 0 Å². The zero-order chi connectivity index (χ0) is 27.8. The summed E-state index contributed by atoms with van der Waals surface area (Å²) in [4.78, 5) is 13.2. The van der Waals surface area contributed by atoms with E-state index in [1.165, 1.54) is 12.1 Å². The summed E-state index contributed by atoms with van der Waals surface area (Å²) in [6.07, 6.45) is 1.68. The van der Waals surface area contributed by atoms with Crippen molar-refractivity contribution >= 4 is 27.5 Å². The van der Waals surface area contributed by atoms with E-state index in [4.69, 9.17) is 16.3 Å². The van der Waals surface area contributed by atoms with Crippen LogP contribution >= 0.6 is 11.6 Å². The van der Waals surface area contributed by atoms with Crippen molar-refractivity contribution in [2.45, 2.75) is 56.6 Å². The van der Waals surface area contributed by atoms with Crippen LogP contribution in [0.5, 0.6) is 5.75 Å². The standard InChI is InChI=1S/C30H36ClN3O4S/c1-21(2)14-16-32-20-22-12-13-24-26(15-17-38-28(24)18-22)33-30(35)19-27(23-8-4-3-5-9-23)34-39(36,37)29-11-7-6-10-25(29)31/h3-13,18,21,26-27,32,34H,14-17,19-20H2,1-2H3,(H,33,35). The summed E-state index contributed by atoms with van der Waals surface area (Å²) in [5.74, 6) is 1.17. The molecule has 0 aromatic heterocycles. The Morgan fingerprint density at radius 2 is 1.79 bits per heavy atom. The van der Waals surface area contributed by atoms with Crippen molar-refractivity contribution in [2.75, 3.05) is 13.2 Å². The summed E-state index contributed by atoms with van der Waals surface area (Å²) in [6, 6.07) is 20.4. The predicted octanol–water partition coefficient (Wildman–Crippen LogP) is 5.53. The summed E-state index contributed by atoms with van der Waals surface area (Å²) < 4.78 is 35.0. The lowest BCUT2D eigenvalue weighted by molar-refractivity contribution is -0.122. The van der Waals surface area contributed by atoms with Gasteiger partial charge in [0.15, 0.2) is 0 Å². The highest BCUT2D eigenvalue weighted by Crippen LogP contribution is 2.33. The number of ether oxygens (including phenoxy) is 1. The van der Waals surface area contributed by atoms with E-state index in [9.17, 15) is 13.2 Å². The number of hydrogen-bond donors (Lipinski definition) is 3. The third kappa shape index (κ3) is 8.05. The van der Waals surface area contributed by atoms with Gasteiger partial charge >= 0.3 is 0 Å². The van der Waals surface area contributed by atoms with Crippen LogP contribution < -0.4 is 20.1 Å². The lowest BCUT2D eigenvalue weighted by Gasteiger charge is -2.28. The lowest BCUT2D eigenvalue weighted by atomic mass is 9.98. The fourth-order valence-corrected chi connectivity index (χ4v) is 6.33. The van der Waals surface area contributed by atoms with E-state index in [1.807, 2.05) is 30.3 Å². The first kappa shape index (κ1) is 29.1. The van der Waals surface area contributed by atoms with Gasteiger partial charge in [-0.15, -0.1) is 0 Å². The Balaban J connectivity index is 1.45. The van der Waals surface area contributed by atoms with Gasteiger partial charge in [0.25, 0.3) is 0 Å². The van der Waals surface area contributed by atoms with Gasteiger partial charge in [-0.2, -0.15) is 0 Å². The fraction of sp³-hybridized carbons (Fsp3) is 0.367. The third-order valence-corrected chi connectivity index (χ3v) is 8.67. The second-order valence-corrected chi connectivity index (χ2v) is 12.3. The van der Waals surface area contributed by atoms with Crippen molar-refractivity contribution in [1.82, 2.24) is 15.4 Å². The van der Waals surface area contributed by atoms with E-state index in [0.717, 1.165) is 36.4 Å². The number of fused-ring (bicyclic) bond motifs is 1. The number of nitrogens with one attached hydrogen (secondary N) is 3. The second-order valence-electron chi connectivity index (χ2n) is 10.2. The van der Waals surface area contributed by atoms with Crippen molar-refractivity contribution in [1.29, 1.82) is 0 Å². The van der Waals surface area contributed by atoms with Crippen LogP contribution in [0.15, 0.2) is 77.7 Å². The number of carbonyl (C=O) groups is 1. The van der Waals surface area contributed by atoms with Crippen LogP contribution in [-0.2, 0) is 21.4 Å². The molecule has 0 bridgehead atoms. The topological polar surface area (TPSA) is 96.5 Å². The van der Waals surface area contributed by atoms with E-state index in [-0.39, 0.29) is 28.3 Å². The Bertz CT molecular complexity index is 1370. The minimum atomic E-state index is -3.97. The number of amides is 1. The molecule has 1 amide bonds. The number of halogens is 1. The number of benzene rings is 3. The first-order valence-electron chi connectivity index (χ1n) is 13.3. The Kier molecular flexibility index (Phi) is 10.0. The maximum absolute atomic E-state index is 13.3. The van der Waals surface area contributed by atoms with Crippen molar-refractivity contribution in [2.24, 2.45) is 5.92 Å². The highest BCUT2D eigenvalue weighted by molar-refractivity contribution is 7.89. The minimum Gasteiger partial charge on any atom is -0.493 e. The van der Waals surface area contributed by atoms with Gasteiger partial charge in [0.1, 0.15) is 10.6 Å². The quantitative estimate of drug-likeness (QED) is 0.249. The van der Waals surface area contributed by atoms with Gasteiger partial charge in [0.2, 0.25) is 15.9 Å². The number of carbonyl (C=O) groups excluding carboxylic acids is 1. The van der Waals surface area contributed by atoms with Gasteiger partial charge in [-0.05, 0) is 48.2 Å². The molecule has 0 spiro atoms. The van der Waals surface area contributed by atoms with Crippen LogP contribution in [0.4, 0.5) is 0 Å². The molecule has 3 N–H and O–H groups in total. The highest BCUT2D eigenvalue weighted by Gasteiger charge is 2.28. The molecule has 1 aliphatic heterocycles. The summed E-state index contributed by atoms with van der Waals surface area (Å²) >= 11 is 6.17. The second kappa shape index (κ2) is 13.4.